The lowest BCUT2D eigenvalue weighted by molar-refractivity contribution is -0.157. The summed E-state index contributed by atoms with van der Waals surface area (Å²) in [5.74, 6) is -1.71. The minimum atomic E-state index is -0.914. The molecular formula is C16H18FNO4. The van der Waals surface area contributed by atoms with Crippen molar-refractivity contribution in [3.05, 3.63) is 35.6 Å². The molecule has 0 aromatic heterocycles. The van der Waals surface area contributed by atoms with Crippen LogP contribution >= 0.6 is 0 Å². The smallest absolute Gasteiger partial charge is 0.311 e. The van der Waals surface area contributed by atoms with Gasteiger partial charge < -0.3 is 14.7 Å². The van der Waals surface area contributed by atoms with E-state index in [1.807, 2.05) is 0 Å². The molecule has 2 saturated heterocycles. The Morgan fingerprint density at radius 1 is 1.41 bits per heavy atom. The van der Waals surface area contributed by atoms with E-state index >= 15 is 0 Å². The molecule has 5 nitrogen and oxygen atoms in total. The van der Waals surface area contributed by atoms with Crippen molar-refractivity contribution in [2.45, 2.75) is 12.8 Å². The highest BCUT2D eigenvalue weighted by Crippen LogP contribution is 2.42. The molecule has 0 aliphatic carbocycles. The van der Waals surface area contributed by atoms with E-state index in [1.165, 1.54) is 6.07 Å². The zero-order valence-corrected chi connectivity index (χ0v) is 12.1. The Morgan fingerprint density at radius 3 is 2.86 bits per heavy atom. The molecule has 1 amide bonds. The number of carboxylic acids is 1. The van der Waals surface area contributed by atoms with Gasteiger partial charge in [-0.25, -0.2) is 4.39 Å². The molecule has 2 fully saturated rings. The molecule has 6 heteroatoms. The van der Waals surface area contributed by atoms with Crippen LogP contribution in [0.5, 0.6) is 0 Å². The number of halogens is 1. The molecule has 118 valence electrons. The van der Waals surface area contributed by atoms with Gasteiger partial charge in [-0.3, -0.25) is 9.59 Å². The van der Waals surface area contributed by atoms with Crippen LogP contribution < -0.4 is 0 Å². The van der Waals surface area contributed by atoms with Gasteiger partial charge in [0.05, 0.1) is 18.4 Å². The molecule has 3 rings (SSSR count). The van der Waals surface area contributed by atoms with Crippen molar-refractivity contribution in [2.24, 2.45) is 11.3 Å². The maximum Gasteiger partial charge on any atom is 0.311 e. The molecule has 1 aromatic carbocycles. The highest BCUT2D eigenvalue weighted by atomic mass is 19.1. The lowest BCUT2D eigenvalue weighted by atomic mass is 9.74. The van der Waals surface area contributed by atoms with Crippen LogP contribution in [-0.2, 0) is 20.7 Å². The number of carbonyl (C=O) groups excluding carboxylic acids is 1. The monoisotopic (exact) mass is 307 g/mol. The van der Waals surface area contributed by atoms with E-state index in [9.17, 15) is 19.1 Å². The maximum absolute atomic E-state index is 13.7. The Balaban J connectivity index is 1.75. The van der Waals surface area contributed by atoms with Gasteiger partial charge in [0.1, 0.15) is 5.82 Å². The summed E-state index contributed by atoms with van der Waals surface area (Å²) in [5.41, 5.74) is -0.577. The molecule has 0 spiro atoms. The van der Waals surface area contributed by atoms with Crippen LogP contribution in [-0.4, -0.2) is 48.2 Å². The third-order valence-corrected chi connectivity index (χ3v) is 4.78. The first-order chi connectivity index (χ1) is 10.5. The minimum Gasteiger partial charge on any atom is -0.481 e. The number of carbonyl (C=O) groups is 2. The first kappa shape index (κ1) is 15.0. The number of rotatable bonds is 3. The number of hydrogen-bond donors (Lipinski definition) is 1. The zero-order chi connectivity index (χ0) is 15.7. The lowest BCUT2D eigenvalue weighted by Gasteiger charge is -2.33. The third kappa shape index (κ3) is 2.47. The summed E-state index contributed by atoms with van der Waals surface area (Å²) in [6, 6.07) is 6.15. The Morgan fingerprint density at radius 2 is 2.18 bits per heavy atom. The average molecular weight is 307 g/mol. The molecule has 0 unspecified atom stereocenters. The largest absolute Gasteiger partial charge is 0.481 e. The van der Waals surface area contributed by atoms with Crippen LogP contribution in [0.1, 0.15) is 12.0 Å². The molecular weight excluding hydrogens is 289 g/mol. The van der Waals surface area contributed by atoms with Gasteiger partial charge in [-0.05, 0) is 18.1 Å². The Kier molecular flexibility index (Phi) is 3.87. The Labute approximate surface area is 127 Å². The van der Waals surface area contributed by atoms with Crippen LogP contribution in [0.3, 0.4) is 0 Å². The quantitative estimate of drug-likeness (QED) is 0.914. The third-order valence-electron chi connectivity index (χ3n) is 4.78. The lowest BCUT2D eigenvalue weighted by Crippen LogP contribution is -2.45. The summed E-state index contributed by atoms with van der Waals surface area (Å²) in [5, 5.41) is 9.58. The minimum absolute atomic E-state index is 0.0457. The van der Waals surface area contributed by atoms with Crippen molar-refractivity contribution in [1.82, 2.24) is 4.90 Å². The second-order valence-electron chi connectivity index (χ2n) is 6.03. The standard InChI is InChI=1S/C16H18FNO4/c17-13-4-2-1-3-11(13)7-14(19)18-8-12-9-22-6-5-16(12,10-18)15(20)21/h1-4,12H,5-10H2,(H,20,21)/t12-,16+/m0/s1. The van der Waals surface area contributed by atoms with Crippen LogP contribution in [0.15, 0.2) is 24.3 Å². The van der Waals surface area contributed by atoms with Crippen molar-refractivity contribution >= 4 is 11.9 Å². The zero-order valence-electron chi connectivity index (χ0n) is 12.1. The fourth-order valence-electron chi connectivity index (χ4n) is 3.41. The first-order valence-electron chi connectivity index (χ1n) is 7.35. The highest BCUT2D eigenvalue weighted by Gasteiger charge is 2.54. The number of fused-ring (bicyclic) bond motifs is 1. The van der Waals surface area contributed by atoms with E-state index in [0.717, 1.165) is 0 Å². The van der Waals surface area contributed by atoms with E-state index in [-0.39, 0.29) is 24.8 Å². The summed E-state index contributed by atoms with van der Waals surface area (Å²) < 4.78 is 19.0. The molecule has 1 aromatic rings. The molecule has 1 N–H and O–H groups in total. The van der Waals surface area contributed by atoms with Gasteiger partial charge in [-0.1, -0.05) is 18.2 Å². The van der Waals surface area contributed by atoms with Gasteiger partial charge >= 0.3 is 5.97 Å². The predicted octanol–water partition coefficient (Wildman–Crippen LogP) is 1.32. The molecule has 2 aliphatic heterocycles. The number of ether oxygens (including phenoxy) is 1. The van der Waals surface area contributed by atoms with Crippen LogP contribution in [0.4, 0.5) is 4.39 Å². The summed E-state index contributed by atoms with van der Waals surface area (Å²) in [6.45, 7) is 1.30. The first-order valence-corrected chi connectivity index (χ1v) is 7.35. The van der Waals surface area contributed by atoms with Gasteiger partial charge in [-0.15, -0.1) is 0 Å². The number of aliphatic carboxylic acids is 1. The normalized spacial score (nSPS) is 27.5. The van der Waals surface area contributed by atoms with E-state index < -0.39 is 17.2 Å². The number of carboxylic acid groups (broad SMARTS) is 1. The maximum atomic E-state index is 13.7. The summed E-state index contributed by atoms with van der Waals surface area (Å²) >= 11 is 0. The van der Waals surface area contributed by atoms with Crippen LogP contribution in [0.25, 0.3) is 0 Å². The number of amides is 1. The van der Waals surface area contributed by atoms with E-state index in [2.05, 4.69) is 0 Å². The number of nitrogens with zero attached hydrogens (tertiary/aromatic N) is 1. The topological polar surface area (TPSA) is 66.8 Å². The van der Waals surface area contributed by atoms with Gasteiger partial charge in [0.25, 0.3) is 0 Å². The number of likely N-dealkylation sites (tertiary alicyclic amines) is 1. The van der Waals surface area contributed by atoms with E-state index in [1.54, 1.807) is 23.1 Å². The molecule has 22 heavy (non-hydrogen) atoms. The van der Waals surface area contributed by atoms with Gasteiger partial charge in [0.2, 0.25) is 5.91 Å². The van der Waals surface area contributed by atoms with Gasteiger partial charge in [0, 0.05) is 25.6 Å². The number of hydrogen-bond acceptors (Lipinski definition) is 3. The van der Waals surface area contributed by atoms with Gasteiger partial charge in [-0.2, -0.15) is 0 Å². The SMILES string of the molecule is O=C(Cc1ccccc1F)N1C[C@H]2COCC[C@@]2(C(=O)O)C1. The summed E-state index contributed by atoms with van der Waals surface area (Å²) in [7, 11) is 0. The molecule has 0 radical (unpaired) electrons. The average Bonchev–Trinajstić information content (AvgIpc) is 2.90. The summed E-state index contributed by atoms with van der Waals surface area (Å²) in [4.78, 5) is 25.6. The highest BCUT2D eigenvalue weighted by molar-refractivity contribution is 5.82. The van der Waals surface area contributed by atoms with E-state index in [0.29, 0.717) is 31.7 Å². The van der Waals surface area contributed by atoms with Crippen molar-refractivity contribution in [3.63, 3.8) is 0 Å². The fraction of sp³-hybridized carbons (Fsp3) is 0.500. The van der Waals surface area contributed by atoms with E-state index in [4.69, 9.17) is 4.74 Å². The number of benzene rings is 1. The van der Waals surface area contributed by atoms with Crippen molar-refractivity contribution < 1.29 is 23.8 Å². The molecule has 0 bridgehead atoms. The summed E-state index contributed by atoms with van der Waals surface area (Å²) in [6.07, 6.45) is 0.367. The van der Waals surface area contributed by atoms with Crippen molar-refractivity contribution in [1.29, 1.82) is 0 Å². The second kappa shape index (κ2) is 5.68. The Hall–Kier alpha value is -1.95. The van der Waals surface area contributed by atoms with Crippen molar-refractivity contribution in [2.75, 3.05) is 26.3 Å². The van der Waals surface area contributed by atoms with Gasteiger partial charge in [0.15, 0.2) is 0 Å². The second-order valence-corrected chi connectivity index (χ2v) is 6.03. The molecule has 0 saturated carbocycles. The fourth-order valence-corrected chi connectivity index (χ4v) is 3.41. The Bertz CT molecular complexity index is 606. The van der Waals surface area contributed by atoms with Crippen LogP contribution in [0.2, 0.25) is 0 Å². The molecule has 2 heterocycles. The molecule has 2 atom stereocenters. The van der Waals surface area contributed by atoms with Crippen LogP contribution in [0, 0.1) is 17.2 Å². The predicted molar refractivity (Wildman–Crippen MR) is 75.7 cm³/mol. The van der Waals surface area contributed by atoms with Crippen molar-refractivity contribution in [3.8, 4) is 0 Å². The molecule has 2 aliphatic rings.